The van der Waals surface area contributed by atoms with Gasteiger partial charge in [-0.25, -0.2) is 0 Å². The van der Waals surface area contributed by atoms with E-state index in [1.54, 1.807) is 0 Å². The summed E-state index contributed by atoms with van der Waals surface area (Å²) in [6.45, 7) is 7.77. The third kappa shape index (κ3) is 8.79. The molecule has 0 radical (unpaired) electrons. The van der Waals surface area contributed by atoms with Crippen LogP contribution in [0.1, 0.15) is 42.9 Å². The Balaban J connectivity index is 0.00000341. The maximum Gasteiger partial charge on any atom is 0.191 e. The molecule has 6 heteroatoms. The van der Waals surface area contributed by atoms with Crippen molar-refractivity contribution in [2.75, 3.05) is 26.7 Å². The Bertz CT molecular complexity index is 776. The minimum absolute atomic E-state index is 0. The quantitative estimate of drug-likeness (QED) is 0.280. The summed E-state index contributed by atoms with van der Waals surface area (Å²) < 4.78 is 5.95. The van der Waals surface area contributed by atoms with E-state index in [9.17, 15) is 0 Å². The zero-order chi connectivity index (χ0) is 21.0. The molecule has 1 saturated heterocycles. The zero-order valence-electron chi connectivity index (χ0n) is 18.8. The molecule has 2 N–H and O–H groups in total. The van der Waals surface area contributed by atoms with E-state index in [0.29, 0.717) is 19.3 Å². The molecule has 1 fully saturated rings. The monoisotopic (exact) mass is 536 g/mol. The van der Waals surface area contributed by atoms with Crippen LogP contribution in [0.4, 0.5) is 0 Å². The van der Waals surface area contributed by atoms with Crippen LogP contribution in [0.5, 0.6) is 0 Å². The highest BCUT2D eigenvalue weighted by Crippen LogP contribution is 2.13. The van der Waals surface area contributed by atoms with Gasteiger partial charge in [0.15, 0.2) is 5.96 Å². The molecule has 1 heterocycles. The first-order valence-electron chi connectivity index (χ1n) is 11.2. The van der Waals surface area contributed by atoms with Gasteiger partial charge in [0.05, 0.1) is 13.2 Å². The van der Waals surface area contributed by atoms with Gasteiger partial charge in [0, 0.05) is 32.7 Å². The average Bonchev–Trinajstić information content (AvgIpc) is 2.79. The van der Waals surface area contributed by atoms with Crippen molar-refractivity contribution >= 4 is 29.9 Å². The Hall–Kier alpha value is -1.64. The van der Waals surface area contributed by atoms with Gasteiger partial charge in [0.1, 0.15) is 0 Å². The van der Waals surface area contributed by atoms with Crippen LogP contribution in [-0.2, 0) is 24.5 Å². The van der Waals surface area contributed by atoms with E-state index in [-0.39, 0.29) is 24.0 Å². The van der Waals surface area contributed by atoms with Crippen LogP contribution in [0.3, 0.4) is 0 Å². The number of rotatable bonds is 9. The van der Waals surface area contributed by atoms with Crippen molar-refractivity contribution in [3.63, 3.8) is 0 Å². The van der Waals surface area contributed by atoms with Gasteiger partial charge in [-0.3, -0.25) is 4.99 Å². The highest BCUT2D eigenvalue weighted by molar-refractivity contribution is 14.0. The molecule has 3 rings (SSSR count). The van der Waals surface area contributed by atoms with E-state index in [2.05, 4.69) is 63.8 Å². The summed E-state index contributed by atoms with van der Waals surface area (Å²) in [5.74, 6) is 0.879. The van der Waals surface area contributed by atoms with Crippen molar-refractivity contribution in [1.29, 1.82) is 0 Å². The van der Waals surface area contributed by atoms with E-state index in [4.69, 9.17) is 4.74 Å². The van der Waals surface area contributed by atoms with Crippen LogP contribution < -0.4 is 10.6 Å². The second-order valence-electron chi connectivity index (χ2n) is 7.93. The van der Waals surface area contributed by atoms with Gasteiger partial charge in [0.2, 0.25) is 0 Å². The lowest BCUT2D eigenvalue weighted by Crippen LogP contribution is -2.48. The normalized spacial score (nSPS) is 15.4. The summed E-state index contributed by atoms with van der Waals surface area (Å²) in [5.41, 5.74) is 3.65. The molecular weight excluding hydrogens is 499 g/mol. The van der Waals surface area contributed by atoms with Gasteiger partial charge < -0.3 is 20.3 Å². The summed E-state index contributed by atoms with van der Waals surface area (Å²) >= 11 is 0. The molecule has 0 bridgehead atoms. The van der Waals surface area contributed by atoms with Crippen molar-refractivity contribution in [3.05, 3.63) is 71.3 Å². The van der Waals surface area contributed by atoms with Gasteiger partial charge in [0.25, 0.3) is 0 Å². The molecule has 0 amide bonds. The van der Waals surface area contributed by atoms with Crippen molar-refractivity contribution in [3.8, 4) is 0 Å². The Labute approximate surface area is 204 Å². The first kappa shape index (κ1) is 25.6. The molecule has 0 spiro atoms. The maximum atomic E-state index is 5.95. The number of ether oxygens (including phenoxy) is 1. The van der Waals surface area contributed by atoms with Crippen LogP contribution >= 0.6 is 24.0 Å². The van der Waals surface area contributed by atoms with E-state index in [0.717, 1.165) is 12.5 Å². The number of nitrogens with zero attached hydrogens (tertiary/aromatic N) is 2. The number of hydrogen-bond donors (Lipinski definition) is 2. The second kappa shape index (κ2) is 14.4. The highest BCUT2D eigenvalue weighted by atomic mass is 127. The topological polar surface area (TPSA) is 48.9 Å². The zero-order valence-corrected chi connectivity index (χ0v) is 21.2. The molecule has 0 aliphatic carbocycles. The molecule has 1 aliphatic rings. The first-order valence-corrected chi connectivity index (χ1v) is 11.2. The molecular formula is C25H37IN4O. The molecule has 31 heavy (non-hydrogen) atoms. The summed E-state index contributed by atoms with van der Waals surface area (Å²) in [5, 5.41) is 7.09. The minimum atomic E-state index is 0. The molecule has 0 saturated carbocycles. The van der Waals surface area contributed by atoms with E-state index < -0.39 is 0 Å². The summed E-state index contributed by atoms with van der Waals surface area (Å²) in [4.78, 5) is 6.99. The second-order valence-corrected chi connectivity index (χ2v) is 7.93. The number of halogens is 1. The average molecular weight is 537 g/mol. The maximum absolute atomic E-state index is 5.95. The van der Waals surface area contributed by atoms with Crippen LogP contribution in [0, 0.1) is 0 Å². The van der Waals surface area contributed by atoms with Crippen LogP contribution in [0.2, 0.25) is 0 Å². The van der Waals surface area contributed by atoms with Gasteiger partial charge >= 0.3 is 0 Å². The summed E-state index contributed by atoms with van der Waals surface area (Å²) in [7, 11) is 1.84. The number of hydrogen-bond acceptors (Lipinski definition) is 3. The number of nitrogens with one attached hydrogen (secondary N) is 2. The number of aliphatic imine (C=N–C) groups is 1. The molecule has 0 atom stereocenters. The molecule has 0 aromatic heterocycles. The van der Waals surface area contributed by atoms with E-state index in [1.807, 2.05) is 25.2 Å². The van der Waals surface area contributed by atoms with Gasteiger partial charge in [-0.2, -0.15) is 0 Å². The Morgan fingerprint density at radius 3 is 2.35 bits per heavy atom. The molecule has 2 aromatic carbocycles. The largest absolute Gasteiger partial charge is 0.372 e. The lowest BCUT2D eigenvalue weighted by Gasteiger charge is -2.32. The van der Waals surface area contributed by atoms with E-state index >= 15 is 0 Å². The predicted molar refractivity (Wildman–Crippen MR) is 140 cm³/mol. The van der Waals surface area contributed by atoms with Crippen molar-refractivity contribution in [1.82, 2.24) is 15.5 Å². The predicted octanol–water partition coefficient (Wildman–Crippen LogP) is 4.56. The number of piperidine rings is 1. The Kier molecular flexibility index (Phi) is 11.9. The fraction of sp³-hybridized carbons (Fsp3) is 0.480. The third-order valence-electron chi connectivity index (χ3n) is 5.63. The fourth-order valence-corrected chi connectivity index (χ4v) is 3.91. The van der Waals surface area contributed by atoms with Crippen LogP contribution in [-0.4, -0.2) is 43.6 Å². The lowest BCUT2D eigenvalue weighted by atomic mass is 10.1. The Morgan fingerprint density at radius 1 is 1.00 bits per heavy atom. The highest BCUT2D eigenvalue weighted by Gasteiger charge is 2.19. The smallest absolute Gasteiger partial charge is 0.191 e. The van der Waals surface area contributed by atoms with Gasteiger partial charge in [-0.05, 0) is 42.5 Å². The van der Waals surface area contributed by atoms with Crippen molar-refractivity contribution in [2.24, 2.45) is 4.99 Å². The minimum Gasteiger partial charge on any atom is -0.372 e. The third-order valence-corrected chi connectivity index (χ3v) is 5.63. The van der Waals surface area contributed by atoms with Crippen LogP contribution in [0.15, 0.2) is 59.6 Å². The molecule has 2 aromatic rings. The SMILES string of the molecule is CCCN1CCC(NC(=NC)NCc2ccccc2COCc2ccccc2)CC1.I. The van der Waals surface area contributed by atoms with Crippen LogP contribution in [0.25, 0.3) is 0 Å². The lowest BCUT2D eigenvalue weighted by molar-refractivity contribution is 0.106. The first-order chi connectivity index (χ1) is 14.8. The molecule has 0 unspecified atom stereocenters. The standard InChI is InChI=1S/C25H36N4O.HI/c1-3-15-29-16-13-24(14-17-29)28-25(26-2)27-18-22-11-7-8-12-23(22)20-30-19-21-9-5-4-6-10-21;/h4-12,24H,3,13-20H2,1-2H3,(H2,26,27,28);1H. The van der Waals surface area contributed by atoms with E-state index in [1.165, 1.54) is 55.6 Å². The number of benzene rings is 2. The van der Waals surface area contributed by atoms with Crippen molar-refractivity contribution in [2.45, 2.75) is 52.0 Å². The molecule has 1 aliphatic heterocycles. The summed E-state index contributed by atoms with van der Waals surface area (Å²) in [6.07, 6.45) is 3.57. The molecule has 5 nitrogen and oxygen atoms in total. The Morgan fingerprint density at radius 2 is 1.68 bits per heavy atom. The molecule has 170 valence electrons. The fourth-order valence-electron chi connectivity index (χ4n) is 3.91. The summed E-state index contributed by atoms with van der Waals surface area (Å²) in [6, 6.07) is 19.2. The number of guanidine groups is 1. The van der Waals surface area contributed by atoms with Crippen molar-refractivity contribution < 1.29 is 4.74 Å². The van der Waals surface area contributed by atoms with Gasteiger partial charge in [-0.1, -0.05) is 61.5 Å². The number of likely N-dealkylation sites (tertiary alicyclic amines) is 1. The van der Waals surface area contributed by atoms with Gasteiger partial charge in [-0.15, -0.1) is 24.0 Å².